The van der Waals surface area contributed by atoms with E-state index < -0.39 is 5.97 Å². The molecule has 1 fully saturated rings. The fourth-order valence-electron chi connectivity index (χ4n) is 1.43. The Kier molecular flexibility index (Phi) is 8.77. The molecule has 4 nitrogen and oxygen atoms in total. The maximum Gasteiger partial charge on any atom is 1.00 e. The van der Waals surface area contributed by atoms with Crippen LogP contribution in [0, 0.1) is 7.05 Å². The Morgan fingerprint density at radius 2 is 1.67 bits per heavy atom. The summed E-state index contributed by atoms with van der Waals surface area (Å²) >= 11 is 0. The number of rotatable bonds is 1. The van der Waals surface area contributed by atoms with Gasteiger partial charge in [0.2, 0.25) is 0 Å². The van der Waals surface area contributed by atoms with Crippen LogP contribution in [0.2, 0.25) is 0 Å². The Labute approximate surface area is 121 Å². The molecule has 1 saturated heterocycles. The third-order valence-electron chi connectivity index (χ3n) is 2.62. The third kappa shape index (κ3) is 6.83. The van der Waals surface area contributed by atoms with E-state index in [1.165, 1.54) is 13.1 Å². The van der Waals surface area contributed by atoms with E-state index in [0.29, 0.717) is 5.56 Å². The molecule has 0 aromatic heterocycles. The van der Waals surface area contributed by atoms with Crippen LogP contribution in [0.5, 0.6) is 0 Å². The molecular formula is C13H19LiN2O2. The van der Waals surface area contributed by atoms with Gasteiger partial charge in [-0.25, -0.2) is 4.79 Å². The van der Waals surface area contributed by atoms with E-state index in [-0.39, 0.29) is 18.9 Å². The van der Waals surface area contributed by atoms with Gasteiger partial charge in [-0.2, -0.15) is 0 Å². The molecule has 18 heavy (non-hydrogen) atoms. The van der Waals surface area contributed by atoms with E-state index in [0.717, 1.165) is 13.1 Å². The van der Waals surface area contributed by atoms with E-state index in [4.69, 9.17) is 5.11 Å². The largest absolute Gasteiger partial charge is 1.00 e. The van der Waals surface area contributed by atoms with Crippen LogP contribution in [0.25, 0.3) is 0 Å². The normalized spacial score (nSPS) is 16.1. The maximum absolute atomic E-state index is 10.2. The molecule has 2 rings (SSSR count). The van der Waals surface area contributed by atoms with Crippen LogP contribution in [0.15, 0.2) is 30.3 Å². The fourth-order valence-corrected chi connectivity index (χ4v) is 1.43. The number of carbonyl (C=O) groups is 1. The predicted octanol–water partition coefficient (Wildman–Crippen LogP) is -1.59. The quantitative estimate of drug-likeness (QED) is 0.476. The zero-order chi connectivity index (χ0) is 12.7. The van der Waals surface area contributed by atoms with Crippen molar-refractivity contribution in [2.24, 2.45) is 0 Å². The summed E-state index contributed by atoms with van der Waals surface area (Å²) in [7, 11) is 5.98. The summed E-state index contributed by atoms with van der Waals surface area (Å²) in [5.74, 6) is -0.879. The fraction of sp³-hybridized carbons (Fsp3) is 0.385. The van der Waals surface area contributed by atoms with E-state index >= 15 is 0 Å². The molecule has 1 N–H and O–H groups in total. The number of hydrogen-bond acceptors (Lipinski definition) is 3. The molecule has 5 heteroatoms. The number of benzene rings is 1. The second-order valence-corrected chi connectivity index (χ2v) is 4.09. The van der Waals surface area contributed by atoms with Gasteiger partial charge in [0.05, 0.1) is 5.56 Å². The number of carboxylic acids is 1. The first kappa shape index (κ1) is 17.2. The summed E-state index contributed by atoms with van der Waals surface area (Å²) in [6.45, 7) is 4.58. The summed E-state index contributed by atoms with van der Waals surface area (Å²) in [4.78, 5) is 14.6. The second-order valence-electron chi connectivity index (χ2n) is 4.09. The molecule has 0 saturated carbocycles. The van der Waals surface area contributed by atoms with Gasteiger partial charge in [0.15, 0.2) is 0 Å². The maximum atomic E-state index is 10.2. The number of hydrogen-bond donors (Lipinski definition) is 1. The van der Waals surface area contributed by atoms with E-state index in [1.54, 1.807) is 30.3 Å². The molecule has 0 radical (unpaired) electrons. The van der Waals surface area contributed by atoms with Crippen LogP contribution in [-0.2, 0) is 0 Å². The minimum atomic E-state index is -0.879. The van der Waals surface area contributed by atoms with Crippen LogP contribution in [0.1, 0.15) is 10.4 Å². The zero-order valence-corrected chi connectivity index (χ0v) is 11.2. The van der Waals surface area contributed by atoms with Gasteiger partial charge in [-0.3, -0.25) is 7.05 Å². The molecule has 1 aromatic carbocycles. The first-order valence-corrected chi connectivity index (χ1v) is 5.62. The summed E-state index contributed by atoms with van der Waals surface area (Å²) in [5, 5.41) is 8.38. The Balaban J connectivity index is 0.000000306. The Morgan fingerprint density at radius 3 is 2.00 bits per heavy atom. The van der Waals surface area contributed by atoms with Crippen LogP contribution in [0.3, 0.4) is 0 Å². The molecule has 1 aromatic rings. The molecule has 1 heterocycles. The van der Waals surface area contributed by atoms with Crippen LogP contribution in [0.4, 0.5) is 0 Å². The van der Waals surface area contributed by atoms with Gasteiger partial charge in [0.1, 0.15) is 0 Å². The van der Waals surface area contributed by atoms with Crippen molar-refractivity contribution in [1.82, 2.24) is 9.80 Å². The van der Waals surface area contributed by atoms with Gasteiger partial charge >= 0.3 is 24.8 Å². The van der Waals surface area contributed by atoms with Crippen molar-refractivity contribution in [3.8, 4) is 0 Å². The summed E-state index contributed by atoms with van der Waals surface area (Å²) in [6.07, 6.45) is 0. The Bertz CT molecular complexity index is 328. The standard InChI is InChI=1S/C7H6O2.C6H13N2.Li/c8-7(9)6-4-2-1-3-5-6;1-7-3-5-8(2)6-4-7;/h1-5H,(H,8,9);1,3-6H2,2H3;/q;-1;+1. The Hall–Kier alpha value is -0.793. The van der Waals surface area contributed by atoms with Crippen molar-refractivity contribution >= 4 is 5.97 Å². The van der Waals surface area contributed by atoms with Gasteiger partial charge in [-0.05, 0) is 32.3 Å². The van der Waals surface area contributed by atoms with Crippen LogP contribution < -0.4 is 18.9 Å². The summed E-state index contributed by atoms with van der Waals surface area (Å²) in [5.41, 5.74) is 0.331. The average molecular weight is 242 g/mol. The van der Waals surface area contributed by atoms with Crippen molar-refractivity contribution in [3.05, 3.63) is 42.9 Å². The van der Waals surface area contributed by atoms with Crippen molar-refractivity contribution in [2.75, 3.05) is 33.2 Å². The van der Waals surface area contributed by atoms with E-state index in [9.17, 15) is 4.79 Å². The minimum Gasteiger partial charge on any atom is -0.478 e. The topological polar surface area (TPSA) is 43.8 Å². The molecule has 1 aliphatic rings. The summed E-state index contributed by atoms with van der Waals surface area (Å²) < 4.78 is 0. The van der Waals surface area contributed by atoms with Gasteiger partial charge in [0.25, 0.3) is 0 Å². The average Bonchev–Trinajstić information content (AvgIpc) is 2.35. The van der Waals surface area contributed by atoms with Crippen molar-refractivity contribution in [1.29, 1.82) is 0 Å². The van der Waals surface area contributed by atoms with E-state index in [2.05, 4.69) is 23.9 Å². The zero-order valence-electron chi connectivity index (χ0n) is 11.2. The predicted molar refractivity (Wildman–Crippen MR) is 67.8 cm³/mol. The first-order valence-electron chi connectivity index (χ1n) is 5.62. The number of likely N-dealkylation sites (N-methyl/N-ethyl adjacent to an activating group) is 1. The molecule has 0 unspecified atom stereocenters. The van der Waals surface area contributed by atoms with Crippen molar-refractivity contribution in [2.45, 2.75) is 0 Å². The minimum absolute atomic E-state index is 0. The monoisotopic (exact) mass is 242 g/mol. The molecule has 0 bridgehead atoms. The molecule has 1 aliphatic heterocycles. The Morgan fingerprint density at radius 1 is 1.17 bits per heavy atom. The number of piperazine rings is 1. The van der Waals surface area contributed by atoms with Gasteiger partial charge in [-0.1, -0.05) is 18.2 Å². The molecule has 0 amide bonds. The number of aromatic carboxylic acids is 1. The SMILES string of the molecule is O=C(O)c1ccccc1.[CH2-]N1CCN(C)CC1.[Li+]. The molecular weight excluding hydrogens is 223 g/mol. The molecule has 0 atom stereocenters. The summed E-state index contributed by atoms with van der Waals surface area (Å²) in [6, 6.07) is 8.30. The first-order chi connectivity index (χ1) is 8.09. The van der Waals surface area contributed by atoms with Gasteiger partial charge in [-0.15, -0.1) is 0 Å². The van der Waals surface area contributed by atoms with Crippen molar-refractivity contribution < 1.29 is 28.8 Å². The third-order valence-corrected chi connectivity index (χ3v) is 2.62. The van der Waals surface area contributed by atoms with E-state index in [1.807, 2.05) is 0 Å². The van der Waals surface area contributed by atoms with Crippen molar-refractivity contribution in [3.63, 3.8) is 0 Å². The number of nitrogens with zero attached hydrogens (tertiary/aromatic N) is 2. The van der Waals surface area contributed by atoms with Gasteiger partial charge < -0.3 is 14.9 Å². The number of carboxylic acid groups (broad SMARTS) is 1. The second kappa shape index (κ2) is 9.18. The van der Waals surface area contributed by atoms with Crippen LogP contribution >= 0.6 is 0 Å². The van der Waals surface area contributed by atoms with Gasteiger partial charge in [0, 0.05) is 13.1 Å². The smallest absolute Gasteiger partial charge is 0.478 e. The molecule has 94 valence electrons. The van der Waals surface area contributed by atoms with Crippen LogP contribution in [-0.4, -0.2) is 54.1 Å². The molecule has 0 aliphatic carbocycles. The molecule has 0 spiro atoms.